The van der Waals surface area contributed by atoms with Crippen molar-refractivity contribution in [3.8, 4) is 0 Å². The third kappa shape index (κ3) is 10.3. The van der Waals surface area contributed by atoms with Crippen molar-refractivity contribution < 1.29 is 24.4 Å². The Morgan fingerprint density at radius 1 is 0.943 bits per heavy atom. The molecule has 35 heavy (non-hydrogen) atoms. The predicted octanol–water partition coefficient (Wildman–Crippen LogP) is 4.97. The van der Waals surface area contributed by atoms with E-state index < -0.39 is 10.9 Å². The smallest absolute Gasteiger partial charge is 0.305 e. The number of ether oxygens (including phenoxy) is 1. The van der Waals surface area contributed by atoms with Gasteiger partial charge in [0.05, 0.1) is 29.4 Å². The molecular formula is C26H27N3O6. The number of aromatic amines is 1. The maximum atomic E-state index is 10.8. The van der Waals surface area contributed by atoms with Crippen LogP contribution in [0.15, 0.2) is 85.2 Å². The fraction of sp³-hybridized carbons (Fsp3) is 0.192. The minimum Gasteiger partial charge on any atom is -0.481 e. The zero-order valence-electron chi connectivity index (χ0n) is 19.3. The van der Waals surface area contributed by atoms with Crippen LogP contribution in [0.4, 0.5) is 5.69 Å². The van der Waals surface area contributed by atoms with Crippen LogP contribution in [0, 0.1) is 10.1 Å². The maximum Gasteiger partial charge on any atom is 0.305 e. The van der Waals surface area contributed by atoms with Crippen molar-refractivity contribution in [1.29, 1.82) is 0 Å². The number of aliphatic carboxylic acids is 1. The minimum absolute atomic E-state index is 0.0757. The molecule has 9 heteroatoms. The SMILES string of the molecule is COC(=O)CCc1ccccc1.O=C(O)CCc1ccccc1.O=[N+]([O-])c1ccc2nc[nH]c2c1. The molecule has 9 nitrogen and oxygen atoms in total. The molecule has 3 aromatic carbocycles. The molecule has 1 heterocycles. The number of H-pyrrole nitrogens is 1. The number of aryl methyl sites for hydroxylation is 2. The average molecular weight is 478 g/mol. The molecule has 0 aliphatic heterocycles. The lowest BCUT2D eigenvalue weighted by Crippen LogP contribution is -2.01. The molecule has 0 fully saturated rings. The van der Waals surface area contributed by atoms with E-state index in [4.69, 9.17) is 5.11 Å². The van der Waals surface area contributed by atoms with Crippen molar-refractivity contribution in [2.24, 2.45) is 0 Å². The molecule has 0 atom stereocenters. The maximum absolute atomic E-state index is 10.8. The van der Waals surface area contributed by atoms with Gasteiger partial charge in [-0.1, -0.05) is 60.7 Å². The Balaban J connectivity index is 0.000000185. The highest BCUT2D eigenvalue weighted by Crippen LogP contribution is 2.16. The number of fused-ring (bicyclic) bond motifs is 1. The van der Waals surface area contributed by atoms with E-state index in [1.807, 2.05) is 60.7 Å². The van der Waals surface area contributed by atoms with Crippen LogP contribution in [0.1, 0.15) is 24.0 Å². The Bertz CT molecular complexity index is 1210. The van der Waals surface area contributed by atoms with E-state index in [9.17, 15) is 19.7 Å². The van der Waals surface area contributed by atoms with E-state index in [1.54, 1.807) is 6.07 Å². The topological polar surface area (TPSA) is 135 Å². The van der Waals surface area contributed by atoms with Crippen LogP contribution >= 0.6 is 0 Å². The molecule has 4 rings (SSSR count). The average Bonchev–Trinajstić information content (AvgIpc) is 3.36. The molecule has 0 aliphatic rings. The number of hydrogen-bond acceptors (Lipinski definition) is 6. The summed E-state index contributed by atoms with van der Waals surface area (Å²) < 4.78 is 4.53. The first kappa shape index (κ1) is 26.7. The van der Waals surface area contributed by atoms with Gasteiger partial charge in [-0.25, -0.2) is 4.98 Å². The zero-order valence-corrected chi connectivity index (χ0v) is 19.3. The van der Waals surface area contributed by atoms with Crippen LogP contribution in [0.5, 0.6) is 0 Å². The number of carbonyl (C=O) groups excluding carboxylic acids is 1. The summed E-state index contributed by atoms with van der Waals surface area (Å²) >= 11 is 0. The van der Waals surface area contributed by atoms with E-state index >= 15 is 0 Å². The number of carboxylic acid groups (broad SMARTS) is 1. The molecule has 0 amide bonds. The van der Waals surface area contributed by atoms with Gasteiger partial charge < -0.3 is 14.8 Å². The quantitative estimate of drug-likeness (QED) is 0.218. The van der Waals surface area contributed by atoms with Gasteiger partial charge in [0.1, 0.15) is 0 Å². The highest BCUT2D eigenvalue weighted by atomic mass is 16.6. The molecule has 1 aromatic heterocycles. The number of carbonyl (C=O) groups is 2. The molecule has 182 valence electrons. The Morgan fingerprint density at radius 3 is 2.03 bits per heavy atom. The number of non-ortho nitro benzene ring substituents is 1. The second-order valence-corrected chi connectivity index (χ2v) is 7.30. The van der Waals surface area contributed by atoms with Crippen molar-refractivity contribution in [3.63, 3.8) is 0 Å². The number of imidazole rings is 1. The Kier molecular flexibility index (Phi) is 11.1. The van der Waals surface area contributed by atoms with Gasteiger partial charge in [-0.2, -0.15) is 0 Å². The molecule has 0 radical (unpaired) electrons. The Labute approximate surface area is 202 Å². The first-order valence-corrected chi connectivity index (χ1v) is 10.8. The summed E-state index contributed by atoms with van der Waals surface area (Å²) in [5.74, 6) is -0.896. The molecular weight excluding hydrogens is 450 g/mol. The lowest BCUT2D eigenvalue weighted by Gasteiger charge is -1.98. The standard InChI is InChI=1S/C10H12O2.C9H10O2.C7H5N3O2/c1-12-10(11)8-7-9-5-3-2-4-6-9;10-9(11)7-6-8-4-2-1-3-5-8;11-10(12)5-1-2-6-7(3-5)9-4-8-6/h2-6H,7-8H2,1H3;1-5H,6-7H2,(H,10,11);1-4H,(H,8,9). The number of nitro groups is 1. The van der Waals surface area contributed by atoms with Crippen LogP contribution in [-0.4, -0.2) is 39.0 Å². The van der Waals surface area contributed by atoms with Gasteiger partial charge >= 0.3 is 11.9 Å². The molecule has 2 N–H and O–H groups in total. The lowest BCUT2D eigenvalue weighted by atomic mass is 10.1. The van der Waals surface area contributed by atoms with Crippen LogP contribution in [0.2, 0.25) is 0 Å². The van der Waals surface area contributed by atoms with E-state index in [0.29, 0.717) is 18.4 Å². The van der Waals surface area contributed by atoms with Gasteiger partial charge in [0.25, 0.3) is 5.69 Å². The highest BCUT2D eigenvalue weighted by molar-refractivity contribution is 5.77. The lowest BCUT2D eigenvalue weighted by molar-refractivity contribution is -0.384. The Morgan fingerprint density at radius 2 is 1.51 bits per heavy atom. The predicted molar refractivity (Wildman–Crippen MR) is 132 cm³/mol. The molecule has 0 saturated carbocycles. The number of hydrogen-bond donors (Lipinski definition) is 2. The molecule has 0 saturated heterocycles. The summed E-state index contributed by atoms with van der Waals surface area (Å²) in [6.45, 7) is 0. The number of methoxy groups -OCH3 is 1. The fourth-order valence-corrected chi connectivity index (χ4v) is 2.93. The first-order valence-electron chi connectivity index (χ1n) is 10.8. The Hall–Kier alpha value is -4.53. The van der Waals surface area contributed by atoms with Crippen molar-refractivity contribution >= 4 is 28.7 Å². The van der Waals surface area contributed by atoms with E-state index in [2.05, 4.69) is 14.7 Å². The van der Waals surface area contributed by atoms with Crippen molar-refractivity contribution in [3.05, 3.63) is 106 Å². The number of aromatic nitrogens is 2. The van der Waals surface area contributed by atoms with Gasteiger partial charge in [-0.3, -0.25) is 19.7 Å². The normalized spacial score (nSPS) is 9.74. The van der Waals surface area contributed by atoms with Crippen LogP contribution in [-0.2, 0) is 27.2 Å². The van der Waals surface area contributed by atoms with E-state index in [-0.39, 0.29) is 18.1 Å². The van der Waals surface area contributed by atoms with Gasteiger partial charge in [-0.05, 0) is 30.0 Å². The molecule has 4 aromatic rings. The third-order valence-electron chi connectivity index (χ3n) is 4.77. The van der Waals surface area contributed by atoms with Gasteiger partial charge in [0.2, 0.25) is 0 Å². The summed E-state index contributed by atoms with van der Waals surface area (Å²) in [6.07, 6.45) is 3.56. The highest BCUT2D eigenvalue weighted by Gasteiger charge is 2.06. The van der Waals surface area contributed by atoms with Crippen molar-refractivity contribution in [1.82, 2.24) is 9.97 Å². The number of nitrogens with zero attached hydrogens (tertiary/aromatic N) is 2. The van der Waals surface area contributed by atoms with E-state index in [1.165, 1.54) is 31.1 Å². The second-order valence-electron chi connectivity index (χ2n) is 7.30. The fourth-order valence-electron chi connectivity index (χ4n) is 2.93. The summed E-state index contributed by atoms with van der Waals surface area (Å²) in [5.41, 5.74) is 3.74. The summed E-state index contributed by atoms with van der Waals surface area (Å²) in [5, 5.41) is 18.7. The number of carboxylic acids is 1. The first-order chi connectivity index (χ1) is 16.9. The largest absolute Gasteiger partial charge is 0.481 e. The number of benzene rings is 3. The molecule has 0 unspecified atom stereocenters. The minimum atomic E-state index is -0.742. The third-order valence-corrected chi connectivity index (χ3v) is 4.77. The number of esters is 1. The summed E-state index contributed by atoms with van der Waals surface area (Å²) in [7, 11) is 1.41. The number of rotatable bonds is 7. The molecule has 0 spiro atoms. The zero-order chi connectivity index (χ0) is 25.5. The van der Waals surface area contributed by atoms with Gasteiger partial charge in [0.15, 0.2) is 0 Å². The number of nitrogens with one attached hydrogen (secondary N) is 1. The van der Waals surface area contributed by atoms with Gasteiger partial charge in [0, 0.05) is 25.0 Å². The van der Waals surface area contributed by atoms with E-state index in [0.717, 1.165) is 17.5 Å². The van der Waals surface area contributed by atoms with Gasteiger partial charge in [-0.15, -0.1) is 0 Å². The summed E-state index contributed by atoms with van der Waals surface area (Å²) in [4.78, 5) is 37.6. The van der Waals surface area contributed by atoms with Crippen molar-refractivity contribution in [2.75, 3.05) is 7.11 Å². The van der Waals surface area contributed by atoms with Crippen LogP contribution in [0.25, 0.3) is 11.0 Å². The molecule has 0 bridgehead atoms. The second kappa shape index (κ2) is 14.6. The number of nitro benzene ring substituents is 1. The van der Waals surface area contributed by atoms with Crippen LogP contribution in [0.3, 0.4) is 0 Å². The summed E-state index contributed by atoms with van der Waals surface area (Å²) in [6, 6.07) is 24.0. The monoisotopic (exact) mass is 477 g/mol. The van der Waals surface area contributed by atoms with Crippen molar-refractivity contribution in [2.45, 2.75) is 25.7 Å². The van der Waals surface area contributed by atoms with Crippen LogP contribution < -0.4 is 0 Å². The molecule has 0 aliphatic carbocycles.